The Morgan fingerprint density at radius 1 is 0.949 bits per heavy atom. The number of nitrogens with one attached hydrogen (secondary N) is 1. The van der Waals surface area contributed by atoms with Crippen molar-refractivity contribution in [1.29, 1.82) is 0 Å². The normalized spacial score (nSPS) is 20.2. The highest BCUT2D eigenvalue weighted by molar-refractivity contribution is 7.24. The van der Waals surface area contributed by atoms with Crippen LogP contribution in [-0.2, 0) is 25.4 Å². The molecule has 0 aliphatic carbocycles. The molecule has 1 aliphatic heterocycles. The number of rotatable bonds is 11. The van der Waals surface area contributed by atoms with Crippen LogP contribution in [0.1, 0.15) is 24.8 Å². The molecule has 39 heavy (non-hydrogen) atoms. The van der Waals surface area contributed by atoms with E-state index in [4.69, 9.17) is 0 Å². The predicted molar refractivity (Wildman–Crippen MR) is 141 cm³/mol. The molecule has 2 unspecified atom stereocenters. The summed E-state index contributed by atoms with van der Waals surface area (Å²) in [5.41, 5.74) is 0.735. The third-order valence-corrected chi connectivity index (χ3v) is 7.28. The lowest BCUT2D eigenvalue weighted by molar-refractivity contribution is -0.384. The van der Waals surface area contributed by atoms with Gasteiger partial charge in [0.25, 0.3) is 5.69 Å². The van der Waals surface area contributed by atoms with Crippen molar-refractivity contribution in [2.45, 2.75) is 37.5 Å². The van der Waals surface area contributed by atoms with Gasteiger partial charge >= 0.3 is 17.9 Å². The molecule has 0 radical (unpaired) electrons. The summed E-state index contributed by atoms with van der Waals surface area (Å²) in [6.45, 7) is 2.24. The average Bonchev–Trinajstić information content (AvgIpc) is 2.86. The third kappa shape index (κ3) is 12.6. The predicted octanol–water partition coefficient (Wildman–Crippen LogP) is 1.06. The van der Waals surface area contributed by atoms with Gasteiger partial charge in [-0.2, -0.15) is 0 Å². The molecule has 1 heterocycles. The molecule has 0 aromatic heterocycles. The van der Waals surface area contributed by atoms with Gasteiger partial charge in [-0.05, 0) is 24.8 Å². The summed E-state index contributed by atoms with van der Waals surface area (Å²) in [6, 6.07) is 5.62. The molecule has 0 saturated carbocycles. The van der Waals surface area contributed by atoms with Crippen LogP contribution in [0.3, 0.4) is 0 Å². The van der Waals surface area contributed by atoms with Crippen LogP contribution in [0.2, 0.25) is 0 Å². The molecule has 216 valence electrons. The van der Waals surface area contributed by atoms with E-state index in [0.717, 1.165) is 5.56 Å². The van der Waals surface area contributed by atoms with Crippen LogP contribution in [0.15, 0.2) is 24.3 Å². The summed E-state index contributed by atoms with van der Waals surface area (Å²) < 4.78 is 12.2. The van der Waals surface area contributed by atoms with Crippen molar-refractivity contribution in [2.24, 2.45) is 0 Å². The van der Waals surface area contributed by atoms with Crippen LogP contribution >= 0.6 is 8.46 Å². The summed E-state index contributed by atoms with van der Waals surface area (Å²) in [5, 5.41) is 42.2. The number of nitro benzene ring substituents is 1. The van der Waals surface area contributed by atoms with Crippen molar-refractivity contribution in [3.8, 4) is 0 Å². The van der Waals surface area contributed by atoms with Crippen LogP contribution in [0.4, 0.5) is 5.69 Å². The van der Waals surface area contributed by atoms with Crippen LogP contribution in [0.5, 0.6) is 0 Å². The van der Waals surface area contributed by atoms with E-state index in [9.17, 15) is 44.4 Å². The lowest BCUT2D eigenvalue weighted by atomic mass is 10.1. The fourth-order valence-electron chi connectivity index (χ4n) is 4.55. The molecule has 2 rings (SSSR count). The molecule has 1 aliphatic rings. The van der Waals surface area contributed by atoms with E-state index in [2.05, 4.69) is 5.32 Å². The van der Waals surface area contributed by atoms with E-state index < -0.39 is 34.7 Å². The lowest BCUT2D eigenvalue weighted by Gasteiger charge is -2.31. The standard InChI is InChI=1S/C24H36N5O9P/c30-22(31)15-19-6-10-27(17-24(34)35)13-12-26(16-23(32)33)8-1-9-28(11-7-25-19)21(39-38)14-18-2-4-20(5-3-18)29(36)37/h2-5,19,21,25H,1,6-17H2,(H,30,31)(H,32,33)(H,34,35). The minimum absolute atomic E-state index is 0.0395. The van der Waals surface area contributed by atoms with E-state index in [1.807, 2.05) is 4.90 Å². The molecule has 1 aromatic rings. The van der Waals surface area contributed by atoms with Crippen molar-refractivity contribution in [1.82, 2.24) is 20.0 Å². The van der Waals surface area contributed by atoms with Crippen molar-refractivity contribution in [3.63, 3.8) is 0 Å². The lowest BCUT2D eigenvalue weighted by Crippen LogP contribution is -2.46. The van der Waals surface area contributed by atoms with Crippen LogP contribution in [0, 0.1) is 10.1 Å². The number of aliphatic carboxylic acids is 3. The third-order valence-electron chi connectivity index (χ3n) is 6.53. The van der Waals surface area contributed by atoms with E-state index in [-0.39, 0.29) is 33.7 Å². The van der Waals surface area contributed by atoms with Gasteiger partial charge in [0.2, 0.25) is 0 Å². The highest BCUT2D eigenvalue weighted by Gasteiger charge is 2.23. The molecule has 1 aromatic carbocycles. The number of benzene rings is 1. The molecule has 0 spiro atoms. The molecular formula is C24H36N5O9P. The van der Waals surface area contributed by atoms with Crippen molar-refractivity contribution in [2.75, 3.05) is 58.9 Å². The zero-order valence-corrected chi connectivity index (χ0v) is 22.6. The Labute approximate surface area is 227 Å². The van der Waals surface area contributed by atoms with Crippen LogP contribution < -0.4 is 5.32 Å². The van der Waals surface area contributed by atoms with Gasteiger partial charge in [-0.3, -0.25) is 43.8 Å². The fraction of sp³-hybridized carbons (Fsp3) is 0.625. The Hall–Kier alpha value is -3.03. The topological polar surface area (TPSA) is 194 Å². The minimum atomic E-state index is -1.02. The Morgan fingerprint density at radius 3 is 2.10 bits per heavy atom. The maximum Gasteiger partial charge on any atom is 0.317 e. The summed E-state index contributed by atoms with van der Waals surface area (Å²) in [7, 11) is -0.144. The number of nitrogens with zero attached hydrogens (tertiary/aromatic N) is 4. The first-order valence-electron chi connectivity index (χ1n) is 12.7. The molecule has 14 nitrogen and oxygen atoms in total. The Morgan fingerprint density at radius 2 is 1.56 bits per heavy atom. The molecule has 2 atom stereocenters. The van der Waals surface area contributed by atoms with Gasteiger partial charge in [0.05, 0.1) is 30.2 Å². The summed E-state index contributed by atoms with van der Waals surface area (Å²) >= 11 is 0. The number of carboxylic acids is 3. The van der Waals surface area contributed by atoms with E-state index in [1.54, 1.807) is 21.9 Å². The maximum atomic E-state index is 12.2. The number of carbonyl (C=O) groups is 3. The summed E-state index contributed by atoms with van der Waals surface area (Å²) in [6.07, 6.45) is 1.14. The Balaban J connectivity index is 2.20. The largest absolute Gasteiger partial charge is 0.481 e. The van der Waals surface area contributed by atoms with E-state index in [0.29, 0.717) is 65.1 Å². The van der Waals surface area contributed by atoms with Crippen molar-refractivity contribution >= 4 is 32.1 Å². The second-order valence-corrected chi connectivity index (χ2v) is 10.3. The maximum absolute atomic E-state index is 12.2. The molecular weight excluding hydrogens is 533 g/mol. The van der Waals surface area contributed by atoms with Gasteiger partial charge in [0.1, 0.15) is 0 Å². The first kappa shape index (κ1) is 32.2. The van der Waals surface area contributed by atoms with Crippen LogP contribution in [0.25, 0.3) is 0 Å². The first-order valence-corrected chi connectivity index (χ1v) is 13.6. The van der Waals surface area contributed by atoms with Crippen molar-refractivity contribution in [3.05, 3.63) is 39.9 Å². The zero-order chi connectivity index (χ0) is 28.8. The van der Waals surface area contributed by atoms with Gasteiger partial charge in [-0.1, -0.05) is 12.1 Å². The summed E-state index contributed by atoms with van der Waals surface area (Å²) in [4.78, 5) is 50.1. The van der Waals surface area contributed by atoms with Crippen LogP contribution in [-0.4, -0.2) is 124 Å². The fourth-order valence-corrected chi connectivity index (χ4v) is 5.20. The number of carboxylic acid groups (broad SMARTS) is 3. The second-order valence-electron chi connectivity index (χ2n) is 9.48. The molecule has 0 amide bonds. The molecule has 4 N–H and O–H groups in total. The second kappa shape index (κ2) is 16.8. The quantitative estimate of drug-likeness (QED) is 0.168. The van der Waals surface area contributed by atoms with Crippen molar-refractivity contribution < 1.29 is 39.2 Å². The molecule has 1 fully saturated rings. The highest BCUT2D eigenvalue weighted by atomic mass is 31.1. The Kier molecular flexibility index (Phi) is 13.9. The first-order chi connectivity index (χ1) is 18.6. The zero-order valence-electron chi connectivity index (χ0n) is 21.7. The smallest absolute Gasteiger partial charge is 0.317 e. The van der Waals surface area contributed by atoms with Gasteiger partial charge in [-0.15, -0.1) is 0 Å². The number of hydrogen-bond donors (Lipinski definition) is 4. The van der Waals surface area contributed by atoms with E-state index in [1.165, 1.54) is 12.1 Å². The number of nitro groups is 1. The number of non-ortho nitro benzene ring substituents is 1. The number of hydrogen-bond acceptors (Lipinski definition) is 10. The van der Waals surface area contributed by atoms with E-state index >= 15 is 0 Å². The monoisotopic (exact) mass is 569 g/mol. The summed E-state index contributed by atoms with van der Waals surface area (Å²) in [5.74, 6) is -3.46. The van der Waals surface area contributed by atoms with Gasteiger partial charge < -0.3 is 20.6 Å². The minimum Gasteiger partial charge on any atom is -0.481 e. The van der Waals surface area contributed by atoms with Gasteiger partial charge in [0.15, 0.2) is 8.46 Å². The molecule has 1 saturated heterocycles. The van der Waals surface area contributed by atoms with Gasteiger partial charge in [0, 0.05) is 64.0 Å². The SMILES string of the molecule is O=PC(Cc1ccc([N+](=O)[O-])cc1)N1CCCN(CC(=O)O)CCN(CC(=O)O)CCC(CC(=O)O)NCC1. The molecule has 0 bridgehead atoms. The Bertz CT molecular complexity index is 947. The van der Waals surface area contributed by atoms with Gasteiger partial charge in [-0.25, -0.2) is 0 Å². The molecule has 15 heteroatoms. The average molecular weight is 570 g/mol. The highest BCUT2D eigenvalue weighted by Crippen LogP contribution is 2.21.